The molecule has 1 aromatic rings. The number of hydrogen-bond donors (Lipinski definition) is 1. The molecule has 0 radical (unpaired) electrons. The fourth-order valence-corrected chi connectivity index (χ4v) is 2.85. The minimum atomic E-state index is -0.356. The number of hydrogen-bond acceptors (Lipinski definition) is 3. The average molecular weight is 387 g/mol. The number of carbonyl (C=O) groups is 2. The summed E-state index contributed by atoms with van der Waals surface area (Å²) >= 11 is 2.01. The van der Waals surface area contributed by atoms with Crippen LogP contribution in [0, 0.1) is 15.3 Å². The molecule has 0 amide bonds. The van der Waals surface area contributed by atoms with E-state index in [0.717, 1.165) is 9.99 Å². The molecular formula is C15H15FINO2. The third-order valence-electron chi connectivity index (χ3n) is 3.37. The van der Waals surface area contributed by atoms with Gasteiger partial charge in [-0.1, -0.05) is 13.3 Å². The van der Waals surface area contributed by atoms with Gasteiger partial charge >= 0.3 is 0 Å². The van der Waals surface area contributed by atoms with Crippen molar-refractivity contribution >= 4 is 39.8 Å². The van der Waals surface area contributed by atoms with Gasteiger partial charge in [0.05, 0.1) is 5.57 Å². The van der Waals surface area contributed by atoms with Gasteiger partial charge < -0.3 is 5.32 Å². The lowest BCUT2D eigenvalue weighted by Gasteiger charge is -2.20. The van der Waals surface area contributed by atoms with Gasteiger partial charge in [-0.05, 0) is 46.7 Å². The molecular weight excluding hydrogens is 372 g/mol. The third-order valence-corrected chi connectivity index (χ3v) is 3.99. The van der Waals surface area contributed by atoms with Crippen molar-refractivity contribution in [2.75, 3.05) is 5.32 Å². The van der Waals surface area contributed by atoms with Crippen molar-refractivity contribution in [3.63, 3.8) is 0 Å². The first-order valence-electron chi connectivity index (χ1n) is 6.48. The molecule has 106 valence electrons. The molecule has 0 saturated heterocycles. The van der Waals surface area contributed by atoms with Crippen molar-refractivity contribution in [1.29, 1.82) is 0 Å². The predicted molar refractivity (Wildman–Crippen MR) is 83.9 cm³/mol. The van der Waals surface area contributed by atoms with E-state index in [-0.39, 0.29) is 28.9 Å². The lowest BCUT2D eigenvalue weighted by Crippen LogP contribution is -2.26. The Kier molecular flexibility index (Phi) is 4.91. The molecule has 2 rings (SSSR count). The first-order chi connectivity index (χ1) is 9.49. The third kappa shape index (κ3) is 3.65. The predicted octanol–water partition coefficient (Wildman–Crippen LogP) is 3.68. The lowest BCUT2D eigenvalue weighted by molar-refractivity contribution is -0.125. The van der Waals surface area contributed by atoms with Gasteiger partial charge in [0.1, 0.15) is 5.82 Å². The molecule has 1 aliphatic carbocycles. The maximum Gasteiger partial charge on any atom is 0.168 e. The molecule has 1 aliphatic rings. The van der Waals surface area contributed by atoms with Crippen LogP contribution in [-0.2, 0) is 9.59 Å². The monoisotopic (exact) mass is 387 g/mol. The summed E-state index contributed by atoms with van der Waals surface area (Å²) in [6, 6.07) is 4.47. The van der Waals surface area contributed by atoms with Crippen LogP contribution >= 0.6 is 22.6 Å². The van der Waals surface area contributed by atoms with Crippen LogP contribution in [0.4, 0.5) is 10.1 Å². The summed E-state index contributed by atoms with van der Waals surface area (Å²) in [6.07, 6.45) is 3.06. The molecule has 0 unspecified atom stereocenters. The van der Waals surface area contributed by atoms with Crippen LogP contribution in [0.1, 0.15) is 26.2 Å². The Balaban J connectivity index is 2.14. The van der Waals surface area contributed by atoms with Gasteiger partial charge in [0.15, 0.2) is 11.6 Å². The van der Waals surface area contributed by atoms with E-state index in [9.17, 15) is 14.0 Å². The second kappa shape index (κ2) is 6.47. The van der Waals surface area contributed by atoms with E-state index in [4.69, 9.17) is 0 Å². The van der Waals surface area contributed by atoms with E-state index in [1.807, 2.05) is 29.5 Å². The Morgan fingerprint density at radius 3 is 2.50 bits per heavy atom. The van der Waals surface area contributed by atoms with E-state index in [1.54, 1.807) is 6.07 Å². The van der Waals surface area contributed by atoms with Crippen molar-refractivity contribution in [3.05, 3.63) is 39.4 Å². The highest BCUT2D eigenvalue weighted by Crippen LogP contribution is 2.25. The maximum atomic E-state index is 13.2. The van der Waals surface area contributed by atoms with Gasteiger partial charge in [0.2, 0.25) is 0 Å². The summed E-state index contributed by atoms with van der Waals surface area (Å²) in [5.74, 6) is -0.467. The fraction of sp³-hybridized carbons (Fsp3) is 0.333. The molecule has 0 spiro atoms. The quantitative estimate of drug-likeness (QED) is 0.489. The van der Waals surface area contributed by atoms with Gasteiger partial charge in [0.25, 0.3) is 0 Å². The largest absolute Gasteiger partial charge is 0.361 e. The van der Waals surface area contributed by atoms with Gasteiger partial charge in [-0.3, -0.25) is 9.59 Å². The first-order valence-corrected chi connectivity index (χ1v) is 7.56. The highest BCUT2D eigenvalue weighted by Gasteiger charge is 2.29. The van der Waals surface area contributed by atoms with Gasteiger partial charge in [-0.15, -0.1) is 0 Å². The zero-order valence-corrected chi connectivity index (χ0v) is 13.2. The van der Waals surface area contributed by atoms with Crippen LogP contribution < -0.4 is 5.32 Å². The summed E-state index contributed by atoms with van der Waals surface area (Å²) in [5.41, 5.74) is 0.717. The minimum absolute atomic E-state index is 0.133. The van der Waals surface area contributed by atoms with Crippen LogP contribution in [0.15, 0.2) is 30.0 Å². The van der Waals surface area contributed by atoms with Crippen molar-refractivity contribution in [3.8, 4) is 0 Å². The second-order valence-electron chi connectivity index (χ2n) is 4.89. The Bertz CT molecular complexity index is 543. The molecule has 1 N–H and O–H groups in total. The zero-order valence-electron chi connectivity index (χ0n) is 11.1. The molecule has 0 aliphatic heterocycles. The standard InChI is InChI=1S/C15H15FINO2/c1-2-9-3-14(19)13(15(20)4-9)8-18-12-6-10(16)5-11(17)7-12/h5-9,18H,2-4H2,1H3. The summed E-state index contributed by atoms with van der Waals surface area (Å²) in [4.78, 5) is 23.8. The van der Waals surface area contributed by atoms with E-state index in [1.165, 1.54) is 18.3 Å². The van der Waals surface area contributed by atoms with Crippen LogP contribution in [0.3, 0.4) is 0 Å². The number of rotatable bonds is 3. The van der Waals surface area contributed by atoms with Crippen molar-refractivity contribution in [2.24, 2.45) is 5.92 Å². The van der Waals surface area contributed by atoms with Gasteiger partial charge in [-0.25, -0.2) is 4.39 Å². The van der Waals surface area contributed by atoms with Crippen molar-refractivity contribution in [2.45, 2.75) is 26.2 Å². The topological polar surface area (TPSA) is 46.2 Å². The summed E-state index contributed by atoms with van der Waals surface area (Å²) in [6.45, 7) is 1.98. The Hall–Kier alpha value is -1.24. The molecule has 3 nitrogen and oxygen atoms in total. The molecule has 0 atom stereocenters. The van der Waals surface area contributed by atoms with E-state index < -0.39 is 0 Å². The molecule has 5 heteroatoms. The van der Waals surface area contributed by atoms with Crippen LogP contribution in [0.25, 0.3) is 0 Å². The number of carbonyl (C=O) groups excluding carboxylic acids is 2. The van der Waals surface area contributed by atoms with Crippen molar-refractivity contribution < 1.29 is 14.0 Å². The van der Waals surface area contributed by atoms with E-state index >= 15 is 0 Å². The number of anilines is 1. The minimum Gasteiger partial charge on any atom is -0.361 e. The number of halogens is 2. The van der Waals surface area contributed by atoms with Gasteiger partial charge in [0, 0.05) is 28.3 Å². The summed E-state index contributed by atoms with van der Waals surface area (Å²) < 4.78 is 14.0. The molecule has 1 aromatic carbocycles. The smallest absolute Gasteiger partial charge is 0.168 e. The van der Waals surface area contributed by atoms with E-state index in [2.05, 4.69) is 5.32 Å². The van der Waals surface area contributed by atoms with Crippen molar-refractivity contribution in [1.82, 2.24) is 0 Å². The number of allylic oxidation sites excluding steroid dienone is 1. The summed E-state index contributed by atoms with van der Waals surface area (Å²) in [7, 11) is 0. The van der Waals surface area contributed by atoms with Crippen LogP contribution in [0.2, 0.25) is 0 Å². The number of nitrogens with one attached hydrogen (secondary N) is 1. The maximum absolute atomic E-state index is 13.2. The number of benzene rings is 1. The van der Waals surface area contributed by atoms with Gasteiger partial charge in [-0.2, -0.15) is 0 Å². The zero-order chi connectivity index (χ0) is 14.7. The highest BCUT2D eigenvalue weighted by molar-refractivity contribution is 14.1. The molecule has 0 heterocycles. The average Bonchev–Trinajstić information content (AvgIpc) is 2.36. The Morgan fingerprint density at radius 1 is 1.30 bits per heavy atom. The number of Topliss-reactive ketones (excluding diaryl/α,β-unsaturated/α-hetero) is 2. The lowest BCUT2D eigenvalue weighted by atomic mass is 9.83. The molecule has 1 saturated carbocycles. The summed E-state index contributed by atoms with van der Waals surface area (Å²) in [5, 5.41) is 2.84. The van der Waals surface area contributed by atoms with Crippen LogP contribution in [-0.4, -0.2) is 11.6 Å². The molecule has 0 bridgehead atoms. The highest BCUT2D eigenvalue weighted by atomic mass is 127. The number of ketones is 2. The second-order valence-corrected chi connectivity index (χ2v) is 6.13. The molecule has 1 fully saturated rings. The normalized spacial score (nSPS) is 19.1. The fourth-order valence-electron chi connectivity index (χ4n) is 2.21. The molecule has 0 aromatic heterocycles. The van der Waals surface area contributed by atoms with Crippen LogP contribution in [0.5, 0.6) is 0 Å². The Morgan fingerprint density at radius 2 is 1.95 bits per heavy atom. The van der Waals surface area contributed by atoms with E-state index in [0.29, 0.717) is 18.5 Å². The Labute approximate surface area is 130 Å². The SMILES string of the molecule is CCC1CC(=O)C(=CNc2cc(F)cc(I)c2)C(=O)C1. The molecule has 20 heavy (non-hydrogen) atoms. The first kappa shape index (κ1) is 15.2.